The van der Waals surface area contributed by atoms with Crippen LogP contribution in [0.5, 0.6) is 0 Å². The first-order valence-corrected chi connectivity index (χ1v) is 33.0. The molecule has 6 aliphatic rings. The first kappa shape index (κ1) is 54.0. The molecule has 3 heterocycles. The Morgan fingerprint density at radius 2 is 0.872 bits per heavy atom. The highest BCUT2D eigenvalue weighted by atomic mass is 32.1. The van der Waals surface area contributed by atoms with Gasteiger partial charge in [-0.2, -0.15) is 0 Å². The monoisotopic (exact) mass is 1140 g/mol. The lowest BCUT2D eigenvalue weighted by molar-refractivity contribution is 0.332. The predicted octanol–water partition coefficient (Wildman–Crippen LogP) is 20.4. The number of hydrogen-bond donors (Lipinski definition) is 0. The second-order valence-corrected chi connectivity index (χ2v) is 31.9. The van der Waals surface area contributed by atoms with E-state index in [0.29, 0.717) is 0 Å². The van der Waals surface area contributed by atoms with Crippen molar-refractivity contribution >= 4 is 78.0 Å². The lowest BCUT2D eigenvalue weighted by Crippen LogP contribution is -2.60. The molecule has 0 radical (unpaired) electrons. The Hall–Kier alpha value is -7.40. The number of nitrogens with zero attached hydrogens (tertiary/aromatic N) is 2. The zero-order chi connectivity index (χ0) is 59.4. The normalized spacial score (nSPS) is 19.5. The summed E-state index contributed by atoms with van der Waals surface area (Å²) < 4.78 is 2.83. The number of rotatable bonds is 5. The maximum atomic E-state index is 2.78. The van der Waals surface area contributed by atoms with Gasteiger partial charge in [0.1, 0.15) is 0 Å². The van der Waals surface area contributed by atoms with Crippen molar-refractivity contribution in [2.45, 2.75) is 166 Å². The molecule has 1 aromatic heterocycles. The summed E-state index contributed by atoms with van der Waals surface area (Å²) in [7, 11) is 0. The van der Waals surface area contributed by atoms with Crippen molar-refractivity contribution in [2.24, 2.45) is 0 Å². The number of anilines is 6. The first-order chi connectivity index (χ1) is 41.0. The van der Waals surface area contributed by atoms with Gasteiger partial charge in [0.25, 0.3) is 6.71 Å². The molecule has 0 bridgehead atoms. The summed E-state index contributed by atoms with van der Waals surface area (Å²) in [6.07, 6.45) is 6.98. The molecule has 0 spiro atoms. The van der Waals surface area contributed by atoms with Gasteiger partial charge in [-0.1, -0.05) is 210 Å². The third kappa shape index (κ3) is 7.50. The predicted molar refractivity (Wildman–Crippen MR) is 369 cm³/mol. The van der Waals surface area contributed by atoms with Gasteiger partial charge in [-0.25, -0.2) is 0 Å². The molecular formula is C82H81BN2S. The minimum atomic E-state index is -0.578. The van der Waals surface area contributed by atoms with Crippen LogP contribution in [0.2, 0.25) is 0 Å². The van der Waals surface area contributed by atoms with Crippen LogP contribution in [0.3, 0.4) is 0 Å². The SMILES string of the molecule is Cc1cc2c3c(c1)N(c1ccc4c(c1)C(C)(C)CCC4(C)C)c1c(sc4cc5c(cc14)C(C)(C)CCC5(C)C)B3c1cc3c(cc1N2c1cc2c(cc1-c1ccccc1)C(C)(C)CCC2(C)C)-c1ccccc1C3(c1ccccc1)c1ccccc1. The zero-order valence-corrected chi connectivity index (χ0v) is 53.8. The number of thiophene rings is 1. The Bertz CT molecular complexity index is 4460. The largest absolute Gasteiger partial charge is 0.311 e. The fourth-order valence-corrected chi connectivity index (χ4v) is 18.8. The Morgan fingerprint density at radius 1 is 0.372 bits per heavy atom. The van der Waals surface area contributed by atoms with Crippen LogP contribution in [0, 0.1) is 6.92 Å². The summed E-state index contributed by atoms with van der Waals surface area (Å²) in [5.74, 6) is 0. The molecule has 0 amide bonds. The Morgan fingerprint density at radius 3 is 1.48 bits per heavy atom. The van der Waals surface area contributed by atoms with Crippen molar-refractivity contribution in [1.29, 1.82) is 0 Å². The molecule has 0 fully saturated rings. The van der Waals surface area contributed by atoms with E-state index < -0.39 is 5.41 Å². The summed E-state index contributed by atoms with van der Waals surface area (Å²) in [5, 5.41) is 1.38. The van der Waals surface area contributed by atoms with Gasteiger partial charge in [0.15, 0.2) is 0 Å². The van der Waals surface area contributed by atoms with E-state index in [1.165, 1.54) is 163 Å². The molecule has 16 rings (SSSR count). The average molecular weight is 1140 g/mol. The second-order valence-electron chi connectivity index (χ2n) is 30.8. The van der Waals surface area contributed by atoms with E-state index in [0.717, 1.165) is 19.3 Å². The van der Waals surface area contributed by atoms with E-state index in [9.17, 15) is 0 Å². The summed E-state index contributed by atoms with van der Waals surface area (Å²) >= 11 is 2.08. The van der Waals surface area contributed by atoms with E-state index in [4.69, 9.17) is 0 Å². The molecule has 2 nitrogen and oxygen atoms in total. The van der Waals surface area contributed by atoms with Crippen LogP contribution in [0.1, 0.15) is 183 Å². The highest BCUT2D eigenvalue weighted by Crippen LogP contribution is 2.61. The van der Waals surface area contributed by atoms with Gasteiger partial charge < -0.3 is 9.80 Å². The molecule has 4 aliphatic carbocycles. The van der Waals surface area contributed by atoms with Crippen molar-refractivity contribution in [2.75, 3.05) is 9.80 Å². The van der Waals surface area contributed by atoms with Gasteiger partial charge in [0, 0.05) is 43.2 Å². The fourth-order valence-electron chi connectivity index (χ4n) is 17.5. The van der Waals surface area contributed by atoms with Crippen LogP contribution in [0.25, 0.3) is 32.3 Å². The molecule has 2 aliphatic heterocycles. The van der Waals surface area contributed by atoms with E-state index in [1.807, 2.05) is 0 Å². The van der Waals surface area contributed by atoms with Crippen molar-refractivity contribution in [3.05, 3.63) is 243 Å². The number of benzene rings is 9. The molecule has 0 saturated carbocycles. The van der Waals surface area contributed by atoms with Gasteiger partial charge in [-0.15, -0.1) is 11.3 Å². The van der Waals surface area contributed by atoms with Crippen LogP contribution >= 0.6 is 11.3 Å². The van der Waals surface area contributed by atoms with E-state index in [2.05, 4.69) is 293 Å². The van der Waals surface area contributed by atoms with Crippen molar-refractivity contribution in [3.63, 3.8) is 0 Å². The van der Waals surface area contributed by atoms with Gasteiger partial charge in [0.05, 0.1) is 16.8 Å². The lowest BCUT2D eigenvalue weighted by atomic mass is 9.36. The fraction of sp³-hybridized carbons (Fsp3) is 0.317. The minimum Gasteiger partial charge on any atom is -0.311 e. The number of hydrogen-bond acceptors (Lipinski definition) is 3. The summed E-state index contributed by atoms with van der Waals surface area (Å²) in [4.78, 5) is 5.56. The molecule has 0 atom stereocenters. The number of aryl methyl sites for hydroxylation is 1. The maximum Gasteiger partial charge on any atom is 0.264 e. The van der Waals surface area contributed by atoms with Gasteiger partial charge in [0.2, 0.25) is 0 Å². The molecular weight excluding hydrogens is 1060 g/mol. The molecule has 4 heteroatoms. The van der Waals surface area contributed by atoms with Gasteiger partial charge >= 0.3 is 0 Å². The van der Waals surface area contributed by atoms with Crippen LogP contribution in [0.15, 0.2) is 182 Å². The van der Waals surface area contributed by atoms with E-state index >= 15 is 0 Å². The topological polar surface area (TPSA) is 6.48 Å². The van der Waals surface area contributed by atoms with Crippen molar-refractivity contribution in [3.8, 4) is 22.3 Å². The highest BCUT2D eigenvalue weighted by Gasteiger charge is 2.52. The van der Waals surface area contributed by atoms with Crippen molar-refractivity contribution in [1.82, 2.24) is 0 Å². The summed E-state index contributed by atoms with van der Waals surface area (Å²) in [6, 6.07) is 72.5. The summed E-state index contributed by atoms with van der Waals surface area (Å²) in [5.41, 5.74) is 30.7. The third-order valence-corrected chi connectivity index (χ3v) is 24.0. The maximum absolute atomic E-state index is 2.78. The molecule has 86 heavy (non-hydrogen) atoms. The molecule has 428 valence electrons. The number of fused-ring (bicyclic) bond motifs is 12. The van der Waals surface area contributed by atoms with E-state index in [1.54, 1.807) is 0 Å². The molecule has 10 aromatic rings. The van der Waals surface area contributed by atoms with E-state index in [-0.39, 0.29) is 39.2 Å². The zero-order valence-electron chi connectivity index (χ0n) is 52.9. The quantitative estimate of drug-likeness (QED) is 0.159. The lowest BCUT2D eigenvalue weighted by Gasteiger charge is -2.46. The molecule has 0 unspecified atom stereocenters. The molecule has 0 N–H and O–H groups in total. The Balaban J connectivity index is 1.08. The molecule has 0 saturated heterocycles. The third-order valence-electron chi connectivity index (χ3n) is 22.7. The van der Waals surface area contributed by atoms with Gasteiger partial charge in [-0.05, 0) is 221 Å². The second kappa shape index (κ2) is 18.1. The van der Waals surface area contributed by atoms with Gasteiger partial charge in [-0.3, -0.25) is 0 Å². The molecule has 9 aromatic carbocycles. The van der Waals surface area contributed by atoms with Crippen LogP contribution in [0.4, 0.5) is 34.1 Å². The smallest absolute Gasteiger partial charge is 0.264 e. The van der Waals surface area contributed by atoms with Crippen LogP contribution in [-0.2, 0) is 37.9 Å². The van der Waals surface area contributed by atoms with Crippen LogP contribution < -0.4 is 25.5 Å². The summed E-state index contributed by atoms with van der Waals surface area (Å²) in [6.45, 7) is 32.2. The standard InChI is InChI=1S/C82H81BN2S/c1-50-41-70-73-71(42-50)85(68-48-65-63(78(6,7)37-39-80(65,10)11)44-56(68)51-25-17-14-18-26-51)69-46-57-55-31-23-24-32-59(55)82(52-27-19-15-20-28-52,53-29-21-16-22-30-53)61(57)47-67(69)83(73)75-74(58-45-64-66(49-72(58)86-75)81(12,13)40-38-79(64,8)9)84(70)54-33-34-60-62(43-54)77(4,5)36-35-76(60,2)3/h14-34,41-49H,35-40H2,1-13H3. The first-order valence-electron chi connectivity index (χ1n) is 32.2. The Kier molecular flexibility index (Phi) is 11.4. The minimum absolute atomic E-state index is 0.0173. The highest BCUT2D eigenvalue weighted by molar-refractivity contribution is 7.33. The van der Waals surface area contributed by atoms with Crippen LogP contribution in [-0.4, -0.2) is 6.71 Å². The average Bonchev–Trinajstić information content (AvgIpc) is 1.37. The Labute approximate surface area is 516 Å². The van der Waals surface area contributed by atoms with Crippen molar-refractivity contribution < 1.29 is 0 Å².